The van der Waals surface area contributed by atoms with Crippen molar-refractivity contribution in [1.82, 2.24) is 0 Å². The van der Waals surface area contributed by atoms with Crippen molar-refractivity contribution >= 4 is 23.2 Å². The molecule has 16 heavy (non-hydrogen) atoms. The standard InChI is InChI=1S/C12H17ClN2O/c1-12(2,14)7-6-11(16)15-10-5-3-4-9(13)8-10/h3-5,8H,6-7,14H2,1-2H3,(H,15,16). The third-order valence-electron chi connectivity index (χ3n) is 2.10. The number of halogens is 1. The van der Waals surface area contributed by atoms with E-state index in [0.29, 0.717) is 23.6 Å². The van der Waals surface area contributed by atoms with Gasteiger partial charge >= 0.3 is 0 Å². The maximum Gasteiger partial charge on any atom is 0.224 e. The zero-order valence-corrected chi connectivity index (χ0v) is 10.3. The minimum absolute atomic E-state index is 0.0409. The van der Waals surface area contributed by atoms with Crippen LogP contribution < -0.4 is 11.1 Å². The van der Waals surface area contributed by atoms with Crippen molar-refractivity contribution in [2.45, 2.75) is 32.2 Å². The van der Waals surface area contributed by atoms with E-state index in [4.69, 9.17) is 17.3 Å². The number of carbonyl (C=O) groups excluding carboxylic acids is 1. The highest BCUT2D eigenvalue weighted by atomic mass is 35.5. The summed E-state index contributed by atoms with van der Waals surface area (Å²) in [4.78, 5) is 11.6. The summed E-state index contributed by atoms with van der Waals surface area (Å²) < 4.78 is 0. The van der Waals surface area contributed by atoms with E-state index in [1.54, 1.807) is 24.3 Å². The molecule has 0 heterocycles. The second-order valence-electron chi connectivity index (χ2n) is 4.55. The fraction of sp³-hybridized carbons (Fsp3) is 0.417. The number of nitrogens with one attached hydrogen (secondary N) is 1. The molecule has 0 fully saturated rings. The Morgan fingerprint density at radius 3 is 2.75 bits per heavy atom. The third-order valence-corrected chi connectivity index (χ3v) is 2.34. The quantitative estimate of drug-likeness (QED) is 0.850. The molecule has 0 unspecified atom stereocenters. The Morgan fingerprint density at radius 2 is 2.19 bits per heavy atom. The van der Waals surface area contributed by atoms with Crippen LogP contribution in [0.3, 0.4) is 0 Å². The lowest BCUT2D eigenvalue weighted by molar-refractivity contribution is -0.116. The van der Waals surface area contributed by atoms with E-state index >= 15 is 0 Å². The normalized spacial score (nSPS) is 11.2. The largest absolute Gasteiger partial charge is 0.326 e. The summed E-state index contributed by atoms with van der Waals surface area (Å²) in [5, 5.41) is 3.38. The molecule has 0 aromatic heterocycles. The molecule has 0 aliphatic carbocycles. The molecular weight excluding hydrogens is 224 g/mol. The average molecular weight is 241 g/mol. The first-order chi connectivity index (χ1) is 7.37. The molecular formula is C12H17ClN2O. The third kappa shape index (κ3) is 5.14. The van der Waals surface area contributed by atoms with Gasteiger partial charge in [0, 0.05) is 22.7 Å². The summed E-state index contributed by atoms with van der Waals surface area (Å²) in [5.74, 6) is -0.0409. The molecule has 1 rings (SSSR count). The highest BCUT2D eigenvalue weighted by Gasteiger charge is 2.13. The van der Waals surface area contributed by atoms with Crippen LogP contribution in [0.4, 0.5) is 5.69 Å². The first-order valence-corrected chi connectivity index (χ1v) is 5.59. The van der Waals surface area contributed by atoms with E-state index in [1.165, 1.54) is 0 Å². The van der Waals surface area contributed by atoms with Gasteiger partial charge in [-0.1, -0.05) is 17.7 Å². The van der Waals surface area contributed by atoms with Crippen molar-refractivity contribution in [2.75, 3.05) is 5.32 Å². The molecule has 3 nitrogen and oxygen atoms in total. The Bertz CT molecular complexity index is 372. The number of anilines is 1. The van der Waals surface area contributed by atoms with E-state index in [2.05, 4.69) is 5.32 Å². The van der Waals surface area contributed by atoms with Crippen LogP contribution in [0.5, 0.6) is 0 Å². The Hall–Kier alpha value is -1.06. The molecule has 1 aromatic rings. The van der Waals surface area contributed by atoms with Crippen LogP contribution in [0.2, 0.25) is 5.02 Å². The van der Waals surface area contributed by atoms with Gasteiger partial charge in [-0.05, 0) is 38.5 Å². The van der Waals surface area contributed by atoms with Gasteiger partial charge in [0.05, 0.1) is 0 Å². The van der Waals surface area contributed by atoms with Crippen LogP contribution in [0, 0.1) is 0 Å². The van der Waals surface area contributed by atoms with Gasteiger partial charge in [0.1, 0.15) is 0 Å². The van der Waals surface area contributed by atoms with Gasteiger partial charge < -0.3 is 11.1 Å². The highest BCUT2D eigenvalue weighted by Crippen LogP contribution is 2.15. The van der Waals surface area contributed by atoms with Gasteiger partial charge in [-0.3, -0.25) is 4.79 Å². The first kappa shape index (κ1) is 13.0. The zero-order chi connectivity index (χ0) is 12.2. The summed E-state index contributed by atoms with van der Waals surface area (Å²) >= 11 is 5.81. The van der Waals surface area contributed by atoms with Crippen molar-refractivity contribution in [1.29, 1.82) is 0 Å². The Kier molecular flexibility index (Phi) is 4.33. The van der Waals surface area contributed by atoms with Crippen LogP contribution in [-0.2, 0) is 4.79 Å². The smallest absolute Gasteiger partial charge is 0.224 e. The lowest BCUT2D eigenvalue weighted by atomic mass is 10.00. The summed E-state index contributed by atoms with van der Waals surface area (Å²) in [6, 6.07) is 7.08. The van der Waals surface area contributed by atoms with Crippen LogP contribution >= 0.6 is 11.6 Å². The van der Waals surface area contributed by atoms with Crippen LogP contribution in [0.25, 0.3) is 0 Å². The zero-order valence-electron chi connectivity index (χ0n) is 9.59. The minimum atomic E-state index is -0.314. The van der Waals surface area contributed by atoms with Crippen LogP contribution in [0.1, 0.15) is 26.7 Å². The summed E-state index contributed by atoms with van der Waals surface area (Å²) in [6.45, 7) is 3.80. The summed E-state index contributed by atoms with van der Waals surface area (Å²) in [6.07, 6.45) is 1.06. The molecule has 0 atom stereocenters. The summed E-state index contributed by atoms with van der Waals surface area (Å²) in [7, 11) is 0. The highest BCUT2D eigenvalue weighted by molar-refractivity contribution is 6.30. The Morgan fingerprint density at radius 1 is 1.50 bits per heavy atom. The molecule has 0 aliphatic heterocycles. The second kappa shape index (κ2) is 5.32. The molecule has 1 aromatic carbocycles. The molecule has 0 aliphatic rings. The second-order valence-corrected chi connectivity index (χ2v) is 4.98. The molecule has 0 spiro atoms. The number of hydrogen-bond donors (Lipinski definition) is 2. The molecule has 3 N–H and O–H groups in total. The van der Waals surface area contributed by atoms with E-state index < -0.39 is 0 Å². The van der Waals surface area contributed by atoms with Gasteiger partial charge in [0.25, 0.3) is 0 Å². The first-order valence-electron chi connectivity index (χ1n) is 5.21. The fourth-order valence-electron chi connectivity index (χ4n) is 1.23. The number of carbonyl (C=O) groups is 1. The predicted octanol–water partition coefficient (Wildman–Crippen LogP) is 2.80. The van der Waals surface area contributed by atoms with E-state index in [-0.39, 0.29) is 11.4 Å². The number of hydrogen-bond acceptors (Lipinski definition) is 2. The SMILES string of the molecule is CC(C)(N)CCC(=O)Nc1cccc(Cl)c1. The van der Waals surface area contributed by atoms with Gasteiger partial charge in [-0.25, -0.2) is 0 Å². The molecule has 0 saturated carbocycles. The number of nitrogens with two attached hydrogens (primary N) is 1. The van der Waals surface area contributed by atoms with E-state index in [1.807, 2.05) is 13.8 Å². The molecule has 4 heteroatoms. The van der Waals surface area contributed by atoms with Gasteiger partial charge in [0.15, 0.2) is 0 Å². The summed E-state index contributed by atoms with van der Waals surface area (Å²) in [5.41, 5.74) is 6.20. The van der Waals surface area contributed by atoms with Crippen molar-refractivity contribution < 1.29 is 4.79 Å². The number of amides is 1. The lowest BCUT2D eigenvalue weighted by Crippen LogP contribution is -2.33. The molecule has 1 amide bonds. The Balaban J connectivity index is 2.46. The molecule has 88 valence electrons. The molecule has 0 radical (unpaired) electrons. The van der Waals surface area contributed by atoms with Gasteiger partial charge in [-0.2, -0.15) is 0 Å². The monoisotopic (exact) mass is 240 g/mol. The molecule has 0 bridgehead atoms. The van der Waals surface area contributed by atoms with Crippen molar-refractivity contribution in [3.63, 3.8) is 0 Å². The average Bonchev–Trinajstić information content (AvgIpc) is 2.14. The van der Waals surface area contributed by atoms with E-state index in [0.717, 1.165) is 0 Å². The molecule has 0 saturated heterocycles. The predicted molar refractivity (Wildman–Crippen MR) is 67.6 cm³/mol. The van der Waals surface area contributed by atoms with Crippen molar-refractivity contribution in [2.24, 2.45) is 5.73 Å². The van der Waals surface area contributed by atoms with Crippen molar-refractivity contribution in [3.05, 3.63) is 29.3 Å². The van der Waals surface area contributed by atoms with Gasteiger partial charge in [0.2, 0.25) is 5.91 Å². The Labute approximate surface area is 101 Å². The van der Waals surface area contributed by atoms with Crippen LogP contribution in [-0.4, -0.2) is 11.4 Å². The van der Waals surface area contributed by atoms with Crippen molar-refractivity contribution in [3.8, 4) is 0 Å². The van der Waals surface area contributed by atoms with E-state index in [9.17, 15) is 4.79 Å². The number of benzene rings is 1. The maximum absolute atomic E-state index is 11.6. The van der Waals surface area contributed by atoms with Gasteiger partial charge in [-0.15, -0.1) is 0 Å². The fourth-order valence-corrected chi connectivity index (χ4v) is 1.42. The maximum atomic E-state index is 11.6. The van der Waals surface area contributed by atoms with Crippen LogP contribution in [0.15, 0.2) is 24.3 Å². The minimum Gasteiger partial charge on any atom is -0.326 e. The topological polar surface area (TPSA) is 55.1 Å². The number of rotatable bonds is 4. The lowest BCUT2D eigenvalue weighted by Gasteiger charge is -2.17.